The van der Waals surface area contributed by atoms with Gasteiger partial charge in [0, 0.05) is 18.1 Å². The second-order valence-corrected chi connectivity index (χ2v) is 3.89. The molecule has 0 aromatic heterocycles. The fraction of sp³-hybridized carbons (Fsp3) is 1.00. The van der Waals surface area contributed by atoms with Crippen LogP contribution >= 0.6 is 21.6 Å². The van der Waals surface area contributed by atoms with Gasteiger partial charge in [-0.25, -0.2) is 0 Å². The van der Waals surface area contributed by atoms with Crippen molar-refractivity contribution in [1.82, 2.24) is 6.15 Å². The Hall–Kier alpha value is 0.620. The first-order chi connectivity index (χ1) is 3.41. The molecule has 0 aliphatic heterocycles. The third-order valence-corrected chi connectivity index (χ3v) is 2.91. The molecule has 10 heavy (non-hydrogen) atoms. The van der Waals surface area contributed by atoms with E-state index in [4.69, 9.17) is 5.73 Å². The highest BCUT2D eigenvalue weighted by atomic mass is 33.1. The van der Waals surface area contributed by atoms with Crippen LogP contribution in [0.4, 0.5) is 0 Å². The monoisotopic (exact) mass is 187 g/mol. The van der Waals surface area contributed by atoms with Crippen LogP contribution in [0.15, 0.2) is 0 Å². The van der Waals surface area contributed by atoms with E-state index in [-0.39, 0.29) is 21.0 Å². The van der Waals surface area contributed by atoms with E-state index >= 15 is 0 Å². The minimum atomic E-state index is 0. The summed E-state index contributed by atoms with van der Waals surface area (Å²) in [7, 11) is 3.71. The predicted molar refractivity (Wildman–Crippen MR) is 59.1 cm³/mol. The smallest absolute Gasteiger partial charge is 0.0160 e. The van der Waals surface area contributed by atoms with Crippen LogP contribution in [0.5, 0.6) is 0 Å². The van der Waals surface area contributed by atoms with E-state index in [1.807, 2.05) is 21.6 Å². The molecule has 0 saturated heterocycles. The molecule has 0 fully saturated rings. The van der Waals surface area contributed by atoms with Crippen molar-refractivity contribution >= 4 is 21.6 Å². The molecule has 0 unspecified atom stereocenters. The summed E-state index contributed by atoms with van der Waals surface area (Å²) in [5.74, 6) is 2.27. The van der Waals surface area contributed by atoms with E-state index in [9.17, 15) is 0 Å². The fourth-order valence-electron chi connectivity index (χ4n) is 0.190. The summed E-state index contributed by atoms with van der Waals surface area (Å²) in [4.78, 5) is 0. The van der Waals surface area contributed by atoms with Crippen molar-refractivity contribution in [2.24, 2.45) is 5.73 Å². The first-order valence-electron chi connectivity index (χ1n) is 2.36. The lowest BCUT2D eigenvalue weighted by molar-refractivity contribution is 1.16. The molecule has 0 atom stereocenters. The van der Waals surface area contributed by atoms with E-state index in [0.717, 1.165) is 12.3 Å². The lowest BCUT2D eigenvalue weighted by Gasteiger charge is -1.90. The minimum Gasteiger partial charge on any atom is -0.369 e. The molecule has 0 radical (unpaired) electrons. The van der Waals surface area contributed by atoms with Crippen LogP contribution in [-0.4, -0.2) is 18.1 Å². The predicted octanol–water partition coefficient (Wildman–Crippen LogP) is 2.99. The van der Waals surface area contributed by atoms with Gasteiger partial charge in [0.25, 0.3) is 0 Å². The highest BCUT2D eigenvalue weighted by molar-refractivity contribution is 8.76. The lowest BCUT2D eigenvalue weighted by Crippen LogP contribution is -1.99. The molecule has 6 N–H and O–H groups in total. The SMILES string of the molecule is C.C.CCSSCCN.[NH4+]. The second-order valence-electron chi connectivity index (χ2n) is 1.02. The first-order valence-corrected chi connectivity index (χ1v) is 4.85. The number of hydrogen-bond donors (Lipinski definition) is 2. The zero-order chi connectivity index (χ0) is 5.54. The van der Waals surface area contributed by atoms with Crippen LogP contribution in [0.25, 0.3) is 0 Å². The van der Waals surface area contributed by atoms with Crippen molar-refractivity contribution in [3.05, 3.63) is 0 Å². The van der Waals surface area contributed by atoms with Crippen LogP contribution in [0.1, 0.15) is 21.8 Å². The third kappa shape index (κ3) is 23.4. The molecular formula is C6H23N2S2+. The normalized spacial score (nSPS) is 6.60. The molecule has 2 nitrogen and oxygen atoms in total. The molecule has 0 heterocycles. The maximum absolute atomic E-state index is 5.24. The van der Waals surface area contributed by atoms with Crippen molar-refractivity contribution in [2.45, 2.75) is 21.8 Å². The summed E-state index contributed by atoms with van der Waals surface area (Å²) in [5.41, 5.74) is 5.24. The number of hydrogen-bond acceptors (Lipinski definition) is 3. The van der Waals surface area contributed by atoms with E-state index in [2.05, 4.69) is 6.92 Å². The molecule has 0 spiro atoms. The topological polar surface area (TPSA) is 62.5 Å². The van der Waals surface area contributed by atoms with Gasteiger partial charge in [-0.2, -0.15) is 0 Å². The standard InChI is InChI=1S/C4H11NS2.2CH4.H3N/c1-2-6-7-4-3-5;;;/h2-5H2,1H3;2*1H4;1H3/p+1. The van der Waals surface area contributed by atoms with E-state index in [1.54, 1.807) is 0 Å². The van der Waals surface area contributed by atoms with Gasteiger partial charge in [-0.3, -0.25) is 0 Å². The van der Waals surface area contributed by atoms with Gasteiger partial charge < -0.3 is 11.9 Å². The Balaban J connectivity index is -0.0000000600. The summed E-state index contributed by atoms with van der Waals surface area (Å²) < 4.78 is 0. The van der Waals surface area contributed by atoms with Crippen LogP contribution in [0, 0.1) is 0 Å². The highest BCUT2D eigenvalue weighted by Gasteiger charge is 1.80. The van der Waals surface area contributed by atoms with Crippen molar-refractivity contribution < 1.29 is 0 Å². The molecule has 0 aliphatic carbocycles. The van der Waals surface area contributed by atoms with Gasteiger partial charge in [0.2, 0.25) is 0 Å². The Morgan fingerprint density at radius 1 is 1.20 bits per heavy atom. The van der Waals surface area contributed by atoms with Gasteiger partial charge in [0.05, 0.1) is 0 Å². The van der Waals surface area contributed by atoms with Gasteiger partial charge in [-0.1, -0.05) is 43.4 Å². The quantitative estimate of drug-likeness (QED) is 0.525. The van der Waals surface area contributed by atoms with Crippen molar-refractivity contribution in [3.8, 4) is 0 Å². The van der Waals surface area contributed by atoms with E-state index in [1.165, 1.54) is 5.75 Å². The molecular weight excluding hydrogens is 164 g/mol. The zero-order valence-corrected chi connectivity index (χ0v) is 7.15. The molecule has 68 valence electrons. The highest BCUT2D eigenvalue weighted by Crippen LogP contribution is 2.18. The maximum Gasteiger partial charge on any atom is 0.0160 e. The van der Waals surface area contributed by atoms with Crippen molar-refractivity contribution in [3.63, 3.8) is 0 Å². The van der Waals surface area contributed by atoms with E-state index < -0.39 is 0 Å². The zero-order valence-electron chi connectivity index (χ0n) is 5.52. The average Bonchev–Trinajstić information content (AvgIpc) is 1.69. The molecule has 0 aliphatic rings. The molecule has 0 bridgehead atoms. The Labute approximate surface area is 73.7 Å². The van der Waals surface area contributed by atoms with Crippen LogP contribution in [0.2, 0.25) is 0 Å². The maximum atomic E-state index is 5.24. The van der Waals surface area contributed by atoms with Crippen molar-refractivity contribution in [1.29, 1.82) is 0 Å². The summed E-state index contributed by atoms with van der Waals surface area (Å²) in [5, 5.41) is 0. The Kier molecular flexibility index (Phi) is 50.8. The summed E-state index contributed by atoms with van der Waals surface area (Å²) in [6.45, 7) is 2.95. The fourth-order valence-corrected chi connectivity index (χ4v) is 1.71. The lowest BCUT2D eigenvalue weighted by atomic mass is 10.8. The number of quaternary nitrogens is 1. The first kappa shape index (κ1) is 22.4. The Bertz CT molecular complexity index is 32.9. The number of nitrogens with two attached hydrogens (primary N) is 1. The van der Waals surface area contributed by atoms with Crippen LogP contribution in [0.3, 0.4) is 0 Å². The second kappa shape index (κ2) is 22.6. The van der Waals surface area contributed by atoms with Gasteiger partial charge in [0.1, 0.15) is 0 Å². The third-order valence-electron chi connectivity index (χ3n) is 0.402. The van der Waals surface area contributed by atoms with Crippen molar-refractivity contribution in [2.75, 3.05) is 18.1 Å². The summed E-state index contributed by atoms with van der Waals surface area (Å²) in [6.07, 6.45) is 0. The van der Waals surface area contributed by atoms with Gasteiger partial charge >= 0.3 is 0 Å². The van der Waals surface area contributed by atoms with E-state index in [0.29, 0.717) is 0 Å². The Morgan fingerprint density at radius 2 is 1.70 bits per heavy atom. The molecule has 0 amide bonds. The number of rotatable bonds is 4. The van der Waals surface area contributed by atoms with Gasteiger partial charge in [-0.15, -0.1) is 0 Å². The van der Waals surface area contributed by atoms with Crippen LogP contribution in [-0.2, 0) is 0 Å². The molecule has 0 rings (SSSR count). The van der Waals surface area contributed by atoms with Gasteiger partial charge in [-0.05, 0) is 0 Å². The Morgan fingerprint density at radius 3 is 2.00 bits per heavy atom. The average molecular weight is 187 g/mol. The summed E-state index contributed by atoms with van der Waals surface area (Å²) >= 11 is 0. The molecule has 0 aromatic rings. The van der Waals surface area contributed by atoms with Gasteiger partial charge in [0.15, 0.2) is 0 Å². The largest absolute Gasteiger partial charge is 0.369 e. The van der Waals surface area contributed by atoms with Crippen LogP contribution < -0.4 is 11.9 Å². The molecule has 4 heteroatoms. The minimum absolute atomic E-state index is 0. The summed E-state index contributed by atoms with van der Waals surface area (Å²) in [6, 6.07) is 0. The molecule has 0 saturated carbocycles. The molecule has 0 aromatic carbocycles.